The van der Waals surface area contributed by atoms with E-state index in [0.29, 0.717) is 125 Å². The summed E-state index contributed by atoms with van der Waals surface area (Å²) in [6.07, 6.45) is 3.82. The highest BCUT2D eigenvalue weighted by Crippen LogP contribution is 2.60. The van der Waals surface area contributed by atoms with Gasteiger partial charge < -0.3 is 121 Å². The number of imide groups is 1. The fraction of sp³-hybridized carbons (Fsp3) is 0.644. The van der Waals surface area contributed by atoms with Crippen LogP contribution in [0.2, 0.25) is 0 Å². The summed E-state index contributed by atoms with van der Waals surface area (Å²) in [5, 5.41) is 78.3. The average Bonchev–Trinajstić information content (AvgIpc) is 1.07. The van der Waals surface area contributed by atoms with Gasteiger partial charge in [-0.15, -0.1) is 5.53 Å². The first-order chi connectivity index (χ1) is 68.0. The fourth-order valence-corrected chi connectivity index (χ4v) is 22.1. The number of ether oxygens (including phenoxy) is 9. The average molecular weight is 1970 g/mol. The molecule has 15 atom stereocenters. The highest BCUT2D eigenvalue weighted by molar-refractivity contribution is 6.03. The molecule has 8 aliphatic rings. The lowest BCUT2D eigenvalue weighted by molar-refractivity contribution is -0.266. The number of fused-ring (bicyclic) bond motifs is 8. The first-order valence-electron chi connectivity index (χ1n) is 50.8. The number of ketones is 1. The number of hydrogen-bond acceptors (Lipinski definition) is 30. The molecule has 4 aromatic carbocycles. The van der Waals surface area contributed by atoms with Crippen molar-refractivity contribution in [1.82, 2.24) is 58.6 Å². The van der Waals surface area contributed by atoms with Gasteiger partial charge in [0, 0.05) is 74.6 Å². The van der Waals surface area contributed by atoms with Gasteiger partial charge in [0.2, 0.25) is 47.3 Å². The van der Waals surface area contributed by atoms with Gasteiger partial charge in [-0.2, -0.15) is 0 Å². The lowest BCUT2D eigenvalue weighted by Crippen LogP contribution is -2.64. The van der Waals surface area contributed by atoms with Gasteiger partial charge in [-0.25, -0.2) is 0 Å². The number of likely N-dealkylation sites (N-methyl/N-ethyl adjacent to an activating group) is 1. The first-order valence-corrected chi connectivity index (χ1v) is 50.8. The van der Waals surface area contributed by atoms with Crippen LogP contribution in [-0.2, 0) is 116 Å². The molecule has 0 spiro atoms. The summed E-state index contributed by atoms with van der Waals surface area (Å²) in [5.41, 5.74) is 17.2. The number of anilines is 2. The summed E-state index contributed by atoms with van der Waals surface area (Å²) < 4.78 is 51.9. The molecule has 0 bridgehead atoms. The Balaban J connectivity index is 0.575. The van der Waals surface area contributed by atoms with Crippen molar-refractivity contribution in [3.8, 4) is 5.75 Å². The second-order valence-corrected chi connectivity index (χ2v) is 39.9. The minimum Gasteiger partial charge on any atom is -0.508 e. The molecule has 37 nitrogen and oxygen atoms in total. The Morgan fingerprint density at radius 2 is 1.16 bits per heavy atom. The van der Waals surface area contributed by atoms with Crippen LogP contribution >= 0.6 is 0 Å². The smallest absolute Gasteiger partial charge is 0.246 e. The summed E-state index contributed by atoms with van der Waals surface area (Å²) >= 11 is 0. The first kappa shape index (κ1) is 110. The lowest BCUT2D eigenvalue weighted by Gasteiger charge is -2.56. The second kappa shape index (κ2) is 53.3. The third-order valence-corrected chi connectivity index (χ3v) is 29.8. The molecular formula is C104H154N14O23. The number of benzene rings is 4. The van der Waals surface area contributed by atoms with Gasteiger partial charge in [-0.3, -0.25) is 59.3 Å². The van der Waals surface area contributed by atoms with Gasteiger partial charge in [-0.1, -0.05) is 129 Å². The molecule has 37 heteroatoms. The summed E-state index contributed by atoms with van der Waals surface area (Å²) in [5.74, 6) is 1.68. The van der Waals surface area contributed by atoms with Crippen molar-refractivity contribution in [2.24, 2.45) is 40.3 Å². The number of carbonyl (C=O) groups is 9. The molecule has 778 valence electrons. The SMILES string of the molecule is CNCCOCCOCCOCCN/C1=C(\NN)c2ccccc2N(C(=O)CCC(=O)NCCOCCOCCOCCOCCC(=O)N[C@H](CCCCNC(=O)COC2CCCCCC3=C2NNN3[C@@H]2O[C@H](CO)[C@H](O)[C@H](O)[C@H]2O)C(=O)N[C@H](C(=O)C[C@@H](C)C(=O)Nc2ccc3c(c2)[C@@]2(C)CCC[C@](C)(C(=O)NC(=O)[C@@]4(C)CCC[C@]5(C)c6cc(O)ccc6CC[C@@H]45)[C@@H]2CC3)C(C)C)Cc2ccccc21. The van der Waals surface area contributed by atoms with Crippen LogP contribution in [0, 0.1) is 34.5 Å². The van der Waals surface area contributed by atoms with Crippen LogP contribution in [0.4, 0.5) is 11.4 Å². The van der Waals surface area contributed by atoms with E-state index in [1.54, 1.807) is 31.7 Å². The molecular weight excluding hydrogens is 1810 g/mol. The van der Waals surface area contributed by atoms with Gasteiger partial charge in [-0.05, 0) is 184 Å². The number of aromatic hydroxyl groups is 1. The van der Waals surface area contributed by atoms with E-state index in [1.807, 2.05) is 99.8 Å². The van der Waals surface area contributed by atoms with Crippen LogP contribution in [-0.4, -0.2) is 271 Å². The molecule has 1 saturated heterocycles. The molecule has 8 amide bonds. The number of aliphatic hydroxyl groups is 4. The minimum absolute atomic E-state index is 0.0157. The van der Waals surface area contributed by atoms with Crippen LogP contribution in [0.3, 0.4) is 0 Å². The molecule has 3 heterocycles. The van der Waals surface area contributed by atoms with Crippen molar-refractivity contribution in [3.05, 3.63) is 135 Å². The predicted molar refractivity (Wildman–Crippen MR) is 527 cm³/mol. The summed E-state index contributed by atoms with van der Waals surface area (Å²) in [4.78, 5) is 130. The van der Waals surface area contributed by atoms with Crippen molar-refractivity contribution in [3.63, 3.8) is 0 Å². The maximum Gasteiger partial charge on any atom is 0.246 e. The molecule has 1 unspecified atom stereocenters. The number of allylic oxidation sites excluding steroid dienone is 1. The molecule has 3 fully saturated rings. The van der Waals surface area contributed by atoms with Crippen molar-refractivity contribution in [2.75, 3.05) is 149 Å². The van der Waals surface area contributed by atoms with E-state index in [1.165, 1.54) is 10.6 Å². The van der Waals surface area contributed by atoms with E-state index in [-0.39, 0.29) is 158 Å². The quantitative estimate of drug-likeness (QED) is 0.0105. The number of unbranched alkanes of at least 4 members (excludes halogenated alkanes) is 1. The maximum absolute atomic E-state index is 15.0. The molecule has 0 radical (unpaired) electrons. The number of nitrogens with two attached hydrogens (primary N) is 1. The zero-order valence-corrected chi connectivity index (χ0v) is 83.5. The van der Waals surface area contributed by atoms with Gasteiger partial charge in [0.1, 0.15) is 48.9 Å². The van der Waals surface area contributed by atoms with Crippen molar-refractivity contribution in [2.45, 2.75) is 256 Å². The number of aliphatic hydroxyl groups excluding tert-OH is 4. The summed E-state index contributed by atoms with van der Waals surface area (Å²) in [6, 6.07) is 24.6. The van der Waals surface area contributed by atoms with Crippen molar-refractivity contribution in [1.29, 1.82) is 0 Å². The van der Waals surface area contributed by atoms with E-state index in [9.17, 15) is 63.9 Å². The van der Waals surface area contributed by atoms with Gasteiger partial charge in [0.25, 0.3) is 0 Å². The lowest BCUT2D eigenvalue weighted by atomic mass is 9.49. The maximum atomic E-state index is 15.0. The second-order valence-electron chi connectivity index (χ2n) is 39.9. The Morgan fingerprint density at radius 3 is 1.80 bits per heavy atom. The van der Waals surface area contributed by atoms with Gasteiger partial charge in [0.15, 0.2) is 12.0 Å². The van der Waals surface area contributed by atoms with Crippen LogP contribution < -0.4 is 69.7 Å². The highest BCUT2D eigenvalue weighted by atomic mass is 16.6. The number of aryl methyl sites for hydroxylation is 2. The fourth-order valence-electron chi connectivity index (χ4n) is 22.1. The van der Waals surface area contributed by atoms with Gasteiger partial charge in [0.05, 0.1) is 151 Å². The van der Waals surface area contributed by atoms with Crippen LogP contribution in [0.1, 0.15) is 216 Å². The number of amides is 8. The highest BCUT2D eigenvalue weighted by Gasteiger charge is 2.59. The standard InChI is InChI=1S/C104H154N14O23/c1-66(2)89(80(121)60-67(3)96(129)110-71-31-27-68-29-33-83-101(4,75(68)61-71)38-18-40-103(83,6)99(131)113-100(132)104(7)41-19-39-102(5)76-62-72(120)32-28-69(76)30-34-84(102)104)112-97(130)77(23-16-17-42-107-87(124)65-140-81-26-11-9-10-25-79-92(81)115-116-118(79)98-95(128)94(127)93(126)82(64-119)141-98)111-86(123)37-46-133-50-54-137-58-59-139-56-52-135-48-44-108-85(122)35-36-88(125)117-63-70-20-12-13-21-73(70)90(91(114-105)74-22-14-15-24-78(74)117)109-45-49-136-53-57-138-55-51-134-47-43-106-8/h12-15,20-22,24,27-28,31-32,61-62,66-67,77,81-84,89,93-95,98,106,109,114-116,119-120,126-128H,9-11,16-19,23,25-26,29-30,33-60,63-65,105H2,1-8H3,(H,107,124)(H,108,122)(H,110,129)(H,111,123)(H,112,130)(H,113,131,132)/b91-90-/t67-,77-,81?,82-,83-,84-,89+,93+,94+,95-,98-,101-,102-,103+,104+/m1/s1. The largest absolute Gasteiger partial charge is 0.508 e. The number of carbonyl (C=O) groups excluding carboxylic acids is 9. The Morgan fingerprint density at radius 1 is 0.567 bits per heavy atom. The molecule has 141 heavy (non-hydrogen) atoms. The Bertz CT molecular complexity index is 4930. The molecule has 5 aliphatic carbocycles. The number of hydrogen-bond donors (Lipinski definition) is 17. The third kappa shape index (κ3) is 28.3. The van der Waals surface area contributed by atoms with Gasteiger partial charge >= 0.3 is 0 Å². The number of Topliss-reactive ketones (excluding diaryl/α,β-unsaturated/α-hetero) is 1. The van der Waals surface area contributed by atoms with Crippen LogP contribution in [0.5, 0.6) is 5.75 Å². The minimum atomic E-state index is -1.60. The van der Waals surface area contributed by atoms with Crippen LogP contribution in [0.15, 0.2) is 96.3 Å². The number of rotatable bonds is 53. The number of hydrazine groups is 3. The molecule has 4 aromatic rings. The number of phenolic OH excluding ortho intramolecular Hbond substituents is 1. The van der Waals surface area contributed by atoms with Crippen LogP contribution in [0.25, 0.3) is 11.4 Å². The number of para-hydroxylation sites is 1. The predicted octanol–water partition coefficient (Wildman–Crippen LogP) is 5.93. The Labute approximate surface area is 828 Å². The van der Waals surface area contributed by atoms with E-state index >= 15 is 4.79 Å². The summed E-state index contributed by atoms with van der Waals surface area (Å²) in [6.45, 7) is 19.1. The Kier molecular flexibility index (Phi) is 41.6. The molecule has 2 saturated carbocycles. The molecule has 3 aliphatic heterocycles. The topological polar surface area (TPSA) is 503 Å². The summed E-state index contributed by atoms with van der Waals surface area (Å²) in [7, 11) is 1.87. The van der Waals surface area contributed by atoms with E-state index in [0.717, 1.165) is 104 Å². The third-order valence-electron chi connectivity index (χ3n) is 29.8. The molecule has 18 N–H and O–H groups in total. The van der Waals surface area contributed by atoms with Crippen molar-refractivity contribution < 1.29 is 111 Å². The number of nitrogens with one attached hydrogen (secondary N) is 11. The zero-order valence-electron chi connectivity index (χ0n) is 83.5. The monoisotopic (exact) mass is 1970 g/mol. The zero-order chi connectivity index (χ0) is 101. The Hall–Kier alpha value is -9.65. The van der Waals surface area contributed by atoms with Crippen molar-refractivity contribution >= 4 is 75.8 Å². The number of nitrogens with zero attached hydrogens (tertiary/aromatic N) is 2. The van der Waals surface area contributed by atoms with E-state index in [2.05, 4.69) is 72.8 Å². The normalized spacial score (nSPS) is 25.3. The van der Waals surface area contributed by atoms with E-state index < -0.39 is 113 Å². The van der Waals surface area contributed by atoms with E-state index in [4.69, 9.17) is 48.5 Å². The number of phenols is 1. The molecule has 0 aromatic heterocycles. The molecule has 12 rings (SSSR count).